The molecule has 0 N–H and O–H groups in total. The molecule has 0 radical (unpaired) electrons. The number of ketones is 1. The van der Waals surface area contributed by atoms with Crippen molar-refractivity contribution in [2.45, 2.75) is 26.9 Å². The van der Waals surface area contributed by atoms with Crippen molar-refractivity contribution in [3.05, 3.63) is 39.4 Å². The summed E-state index contributed by atoms with van der Waals surface area (Å²) in [4.78, 5) is 33.4. The van der Waals surface area contributed by atoms with Crippen LogP contribution in [0.2, 0.25) is 0 Å². The van der Waals surface area contributed by atoms with E-state index in [1.165, 1.54) is 25.1 Å². The number of nitrogens with zero attached hydrogens (tertiary/aromatic N) is 1. The molecule has 0 unspecified atom stereocenters. The monoisotopic (exact) mass is 251 g/mol. The highest BCUT2D eigenvalue weighted by Gasteiger charge is 2.27. The number of hydrogen-bond acceptors (Lipinski definition) is 5. The minimum Gasteiger partial charge on any atom is -0.459 e. The Morgan fingerprint density at radius 3 is 2.39 bits per heavy atom. The van der Waals surface area contributed by atoms with Crippen LogP contribution in [-0.2, 0) is 4.74 Å². The van der Waals surface area contributed by atoms with Gasteiger partial charge >= 0.3 is 5.97 Å². The van der Waals surface area contributed by atoms with Crippen LogP contribution in [0.4, 0.5) is 5.69 Å². The maximum absolute atomic E-state index is 11.8. The van der Waals surface area contributed by atoms with E-state index in [9.17, 15) is 19.7 Å². The first kappa shape index (κ1) is 13.8. The SMILES string of the molecule is CC(=O)c1cccc([N+](=O)[O-])c1C(=O)OC(C)C. The van der Waals surface area contributed by atoms with Crippen molar-refractivity contribution in [2.24, 2.45) is 0 Å². The third kappa shape index (κ3) is 2.91. The van der Waals surface area contributed by atoms with Gasteiger partial charge in [-0.2, -0.15) is 0 Å². The summed E-state index contributed by atoms with van der Waals surface area (Å²) in [6.45, 7) is 4.49. The van der Waals surface area contributed by atoms with Crippen LogP contribution in [0.25, 0.3) is 0 Å². The van der Waals surface area contributed by atoms with E-state index in [4.69, 9.17) is 4.74 Å². The largest absolute Gasteiger partial charge is 0.459 e. The molecule has 6 nitrogen and oxygen atoms in total. The summed E-state index contributed by atoms with van der Waals surface area (Å²) in [6, 6.07) is 3.90. The predicted octanol–water partition coefficient (Wildman–Crippen LogP) is 2.36. The molecule has 6 heteroatoms. The molecule has 0 saturated carbocycles. The molecule has 0 saturated heterocycles. The number of carbonyl (C=O) groups is 2. The molecule has 96 valence electrons. The second-order valence-electron chi connectivity index (χ2n) is 3.97. The summed E-state index contributed by atoms with van der Waals surface area (Å²) in [5.41, 5.74) is -0.716. The van der Waals surface area contributed by atoms with Crippen LogP contribution in [0.5, 0.6) is 0 Å². The fourth-order valence-corrected chi connectivity index (χ4v) is 1.47. The maximum Gasteiger partial charge on any atom is 0.346 e. The third-order valence-corrected chi connectivity index (χ3v) is 2.17. The molecule has 0 amide bonds. The highest BCUT2D eigenvalue weighted by atomic mass is 16.6. The summed E-state index contributed by atoms with van der Waals surface area (Å²) in [5.74, 6) is -1.28. The highest BCUT2D eigenvalue weighted by molar-refractivity contribution is 6.07. The molecule has 0 fully saturated rings. The lowest BCUT2D eigenvalue weighted by Crippen LogP contribution is -2.16. The maximum atomic E-state index is 11.8. The van der Waals surface area contributed by atoms with Crippen molar-refractivity contribution in [1.82, 2.24) is 0 Å². The lowest BCUT2D eigenvalue weighted by atomic mass is 10.0. The van der Waals surface area contributed by atoms with E-state index in [2.05, 4.69) is 0 Å². The van der Waals surface area contributed by atoms with Crippen molar-refractivity contribution < 1.29 is 19.2 Å². The molecule has 0 spiro atoms. The van der Waals surface area contributed by atoms with Gasteiger partial charge in [-0.1, -0.05) is 12.1 Å². The Morgan fingerprint density at radius 1 is 1.33 bits per heavy atom. The smallest absolute Gasteiger partial charge is 0.346 e. The van der Waals surface area contributed by atoms with Gasteiger partial charge in [0.05, 0.1) is 11.0 Å². The highest BCUT2D eigenvalue weighted by Crippen LogP contribution is 2.24. The van der Waals surface area contributed by atoms with E-state index in [0.29, 0.717) is 0 Å². The lowest BCUT2D eigenvalue weighted by molar-refractivity contribution is -0.385. The van der Waals surface area contributed by atoms with Crippen LogP contribution in [0.3, 0.4) is 0 Å². The van der Waals surface area contributed by atoms with E-state index in [-0.39, 0.29) is 11.1 Å². The van der Waals surface area contributed by atoms with Crippen LogP contribution in [0.1, 0.15) is 41.5 Å². The van der Waals surface area contributed by atoms with Crippen LogP contribution in [0, 0.1) is 10.1 Å². The number of ether oxygens (including phenoxy) is 1. The zero-order chi connectivity index (χ0) is 13.9. The molecule has 0 heterocycles. The Balaban J connectivity index is 3.40. The molecule has 1 aromatic rings. The normalized spacial score (nSPS) is 10.2. The van der Waals surface area contributed by atoms with E-state index in [1.54, 1.807) is 13.8 Å². The molecule has 18 heavy (non-hydrogen) atoms. The summed E-state index contributed by atoms with van der Waals surface area (Å²) in [6.07, 6.45) is -0.419. The molecule has 1 rings (SSSR count). The molecule has 0 aliphatic rings. The molecule has 0 atom stereocenters. The Labute approximate surface area is 104 Å². The third-order valence-electron chi connectivity index (χ3n) is 2.17. The van der Waals surface area contributed by atoms with Crippen LogP contribution >= 0.6 is 0 Å². The van der Waals surface area contributed by atoms with Gasteiger partial charge in [-0.3, -0.25) is 14.9 Å². The number of Topliss-reactive ketones (excluding diaryl/α,β-unsaturated/α-hetero) is 1. The summed E-state index contributed by atoms with van der Waals surface area (Å²) in [5, 5.41) is 10.9. The Kier molecular flexibility index (Phi) is 4.14. The number of hydrogen-bond donors (Lipinski definition) is 0. The minimum atomic E-state index is -0.859. The first-order valence-electron chi connectivity index (χ1n) is 5.34. The number of nitro benzene ring substituents is 1. The van der Waals surface area contributed by atoms with Gasteiger partial charge in [-0.05, 0) is 20.8 Å². The summed E-state index contributed by atoms with van der Waals surface area (Å²) < 4.78 is 4.92. The molecule has 0 aliphatic heterocycles. The van der Waals surface area contributed by atoms with Gasteiger partial charge in [0.15, 0.2) is 5.78 Å². The van der Waals surface area contributed by atoms with Gasteiger partial charge in [0.25, 0.3) is 5.69 Å². The Bertz CT molecular complexity index is 475. The zero-order valence-electron chi connectivity index (χ0n) is 10.3. The topological polar surface area (TPSA) is 86.5 Å². The standard InChI is InChI=1S/C12H13NO5/c1-7(2)18-12(15)11-9(8(3)14)5-4-6-10(11)13(16)17/h4-7H,1-3H3. The van der Waals surface area contributed by atoms with Crippen molar-refractivity contribution in [1.29, 1.82) is 0 Å². The van der Waals surface area contributed by atoms with E-state index in [0.717, 1.165) is 0 Å². The number of nitro groups is 1. The molecule has 1 aromatic carbocycles. The lowest BCUT2D eigenvalue weighted by Gasteiger charge is -2.10. The molecular formula is C12H13NO5. The predicted molar refractivity (Wildman–Crippen MR) is 63.7 cm³/mol. The first-order chi connectivity index (χ1) is 8.34. The average molecular weight is 251 g/mol. The van der Waals surface area contributed by atoms with Gasteiger partial charge in [0.1, 0.15) is 5.56 Å². The quantitative estimate of drug-likeness (QED) is 0.355. The van der Waals surface area contributed by atoms with Gasteiger partial charge in [-0.25, -0.2) is 4.79 Å². The average Bonchev–Trinajstić information content (AvgIpc) is 2.26. The molecule has 0 bridgehead atoms. The summed E-state index contributed by atoms with van der Waals surface area (Å²) >= 11 is 0. The Hall–Kier alpha value is -2.24. The van der Waals surface area contributed by atoms with Gasteiger partial charge in [-0.15, -0.1) is 0 Å². The molecule has 0 aromatic heterocycles. The zero-order valence-corrected chi connectivity index (χ0v) is 10.3. The van der Waals surface area contributed by atoms with Crippen LogP contribution in [-0.4, -0.2) is 22.8 Å². The van der Waals surface area contributed by atoms with Gasteiger partial charge in [0.2, 0.25) is 0 Å². The van der Waals surface area contributed by atoms with E-state index in [1.807, 2.05) is 0 Å². The van der Waals surface area contributed by atoms with Crippen molar-refractivity contribution in [3.8, 4) is 0 Å². The fourth-order valence-electron chi connectivity index (χ4n) is 1.47. The Morgan fingerprint density at radius 2 is 1.94 bits per heavy atom. The van der Waals surface area contributed by atoms with Gasteiger partial charge in [0, 0.05) is 11.6 Å². The van der Waals surface area contributed by atoms with Gasteiger partial charge < -0.3 is 4.74 Å². The van der Waals surface area contributed by atoms with Crippen molar-refractivity contribution in [2.75, 3.05) is 0 Å². The second-order valence-corrected chi connectivity index (χ2v) is 3.97. The number of esters is 1. The van der Waals surface area contributed by atoms with E-state index < -0.39 is 28.5 Å². The van der Waals surface area contributed by atoms with Crippen LogP contribution in [0.15, 0.2) is 18.2 Å². The van der Waals surface area contributed by atoms with E-state index >= 15 is 0 Å². The summed E-state index contributed by atoms with van der Waals surface area (Å²) in [7, 11) is 0. The first-order valence-corrected chi connectivity index (χ1v) is 5.34. The van der Waals surface area contributed by atoms with Crippen LogP contribution < -0.4 is 0 Å². The minimum absolute atomic E-state index is 0.00477. The molecule has 0 aliphatic carbocycles. The number of benzene rings is 1. The number of rotatable bonds is 4. The van der Waals surface area contributed by atoms with Crippen molar-refractivity contribution >= 4 is 17.4 Å². The number of carbonyl (C=O) groups excluding carboxylic acids is 2. The second kappa shape index (κ2) is 5.39. The molecular weight excluding hydrogens is 238 g/mol. The van der Waals surface area contributed by atoms with Crippen molar-refractivity contribution in [3.63, 3.8) is 0 Å². The fraction of sp³-hybridized carbons (Fsp3) is 0.333.